The van der Waals surface area contributed by atoms with Crippen LogP contribution in [0, 0.1) is 18.6 Å². The van der Waals surface area contributed by atoms with Crippen LogP contribution in [0.5, 0.6) is 5.75 Å². The third-order valence-corrected chi connectivity index (χ3v) is 4.20. The molecular weight excluding hydrogens is 364 g/mol. The van der Waals surface area contributed by atoms with Crippen LogP contribution in [0.15, 0.2) is 65.1 Å². The van der Waals surface area contributed by atoms with E-state index in [-0.39, 0.29) is 28.8 Å². The van der Waals surface area contributed by atoms with Gasteiger partial charge in [0.25, 0.3) is 5.89 Å². The number of aryl methyl sites for hydroxylation is 1. The summed E-state index contributed by atoms with van der Waals surface area (Å²) in [5.74, 6) is -1.40. The van der Waals surface area contributed by atoms with E-state index >= 15 is 0 Å². The highest BCUT2D eigenvalue weighted by Gasteiger charge is 2.16. The van der Waals surface area contributed by atoms with Crippen molar-refractivity contribution in [2.75, 3.05) is 5.32 Å². The Kier molecular flexibility index (Phi) is 4.49. The van der Waals surface area contributed by atoms with Crippen molar-refractivity contribution in [1.82, 2.24) is 10.2 Å². The number of aromatic nitrogens is 2. The molecule has 0 bridgehead atoms. The van der Waals surface area contributed by atoms with Crippen molar-refractivity contribution in [3.8, 4) is 28.3 Å². The summed E-state index contributed by atoms with van der Waals surface area (Å²) >= 11 is 0. The smallest absolute Gasteiger partial charge is 0.320 e. The first-order valence-corrected chi connectivity index (χ1v) is 8.45. The second-order valence-corrected chi connectivity index (χ2v) is 6.26. The minimum absolute atomic E-state index is 0.0662. The highest BCUT2D eigenvalue weighted by atomic mass is 19.1. The van der Waals surface area contributed by atoms with Crippen molar-refractivity contribution in [3.05, 3.63) is 77.9 Å². The number of hydrogen-bond donors (Lipinski definition) is 2. The van der Waals surface area contributed by atoms with Gasteiger partial charge < -0.3 is 14.8 Å². The van der Waals surface area contributed by atoms with Gasteiger partial charge in [-0.2, -0.15) is 0 Å². The number of aromatic hydroxyl groups is 1. The second-order valence-electron chi connectivity index (χ2n) is 6.26. The Hall–Kier alpha value is -3.74. The molecule has 7 heteroatoms. The molecule has 0 aliphatic heterocycles. The normalized spacial score (nSPS) is 10.8. The number of nitrogens with zero attached hydrogens (tertiary/aromatic N) is 2. The Morgan fingerprint density at radius 1 is 0.893 bits per heavy atom. The molecule has 0 saturated carbocycles. The quantitative estimate of drug-likeness (QED) is 0.494. The largest absolute Gasteiger partial charge is 0.507 e. The lowest BCUT2D eigenvalue weighted by atomic mass is 10.0. The molecule has 140 valence electrons. The van der Waals surface area contributed by atoms with Gasteiger partial charge in [0.15, 0.2) is 0 Å². The number of halogens is 2. The molecule has 0 saturated heterocycles. The monoisotopic (exact) mass is 379 g/mol. The number of phenolic OH excluding ortho intramolecular Hbond substituents is 1. The fourth-order valence-corrected chi connectivity index (χ4v) is 2.74. The third kappa shape index (κ3) is 3.55. The number of benzene rings is 3. The molecular formula is C21H15F2N3O2. The van der Waals surface area contributed by atoms with Crippen molar-refractivity contribution in [3.63, 3.8) is 0 Å². The van der Waals surface area contributed by atoms with Crippen molar-refractivity contribution in [1.29, 1.82) is 0 Å². The standard InChI is InChI=1S/C21H15F2N3O2/c1-12-2-6-15(7-3-12)24-21-26-25-20(28-21)17-10-13(4-9-19(17)27)16-8-5-14(22)11-18(16)23/h2-11,27H,1H3,(H,24,26). The van der Waals surface area contributed by atoms with E-state index in [2.05, 4.69) is 15.5 Å². The highest BCUT2D eigenvalue weighted by Crippen LogP contribution is 2.34. The van der Waals surface area contributed by atoms with Crippen LogP contribution in [-0.4, -0.2) is 15.3 Å². The molecule has 0 spiro atoms. The van der Waals surface area contributed by atoms with E-state index in [9.17, 15) is 13.9 Å². The predicted octanol–water partition coefficient (Wildman–Crippen LogP) is 5.44. The maximum absolute atomic E-state index is 14.1. The van der Waals surface area contributed by atoms with Gasteiger partial charge in [-0.3, -0.25) is 0 Å². The predicted molar refractivity (Wildman–Crippen MR) is 101 cm³/mol. The van der Waals surface area contributed by atoms with Crippen LogP contribution in [0.25, 0.3) is 22.6 Å². The van der Waals surface area contributed by atoms with E-state index in [1.807, 2.05) is 31.2 Å². The molecule has 0 unspecified atom stereocenters. The first-order valence-electron chi connectivity index (χ1n) is 8.45. The van der Waals surface area contributed by atoms with Gasteiger partial charge in [-0.05, 0) is 48.9 Å². The Labute approximate surface area is 159 Å². The van der Waals surface area contributed by atoms with E-state index in [1.165, 1.54) is 30.3 Å². The summed E-state index contributed by atoms with van der Waals surface area (Å²) in [6.45, 7) is 1.98. The average molecular weight is 379 g/mol. The lowest BCUT2D eigenvalue weighted by molar-refractivity contribution is 0.473. The van der Waals surface area contributed by atoms with Gasteiger partial charge in [0.05, 0.1) is 5.56 Å². The first-order chi connectivity index (χ1) is 13.5. The summed E-state index contributed by atoms with van der Waals surface area (Å²) in [5.41, 5.74) is 2.76. The summed E-state index contributed by atoms with van der Waals surface area (Å²) in [4.78, 5) is 0. The number of nitrogens with one attached hydrogen (secondary N) is 1. The molecule has 1 heterocycles. The van der Waals surface area contributed by atoms with Crippen LogP contribution in [0.3, 0.4) is 0 Å². The molecule has 4 aromatic rings. The van der Waals surface area contributed by atoms with Crippen molar-refractivity contribution < 1.29 is 18.3 Å². The number of hydrogen-bond acceptors (Lipinski definition) is 5. The highest BCUT2D eigenvalue weighted by molar-refractivity contribution is 5.74. The molecule has 3 aromatic carbocycles. The van der Waals surface area contributed by atoms with E-state index < -0.39 is 11.6 Å². The van der Waals surface area contributed by atoms with E-state index in [4.69, 9.17) is 4.42 Å². The zero-order valence-electron chi connectivity index (χ0n) is 14.8. The van der Waals surface area contributed by atoms with Gasteiger partial charge in [0.2, 0.25) is 0 Å². The van der Waals surface area contributed by atoms with Crippen LogP contribution in [0.1, 0.15) is 5.56 Å². The van der Waals surface area contributed by atoms with Gasteiger partial charge in [0, 0.05) is 17.3 Å². The topological polar surface area (TPSA) is 71.2 Å². The second kappa shape index (κ2) is 7.11. The Morgan fingerprint density at radius 2 is 1.68 bits per heavy atom. The van der Waals surface area contributed by atoms with Crippen LogP contribution in [0.4, 0.5) is 20.5 Å². The van der Waals surface area contributed by atoms with Gasteiger partial charge >= 0.3 is 6.01 Å². The summed E-state index contributed by atoms with van der Waals surface area (Å²) in [5, 5.41) is 21.0. The molecule has 0 amide bonds. The fraction of sp³-hybridized carbons (Fsp3) is 0.0476. The van der Waals surface area contributed by atoms with Gasteiger partial charge in [-0.1, -0.05) is 28.9 Å². The van der Waals surface area contributed by atoms with Gasteiger partial charge in [-0.25, -0.2) is 8.78 Å². The van der Waals surface area contributed by atoms with Crippen LogP contribution < -0.4 is 5.32 Å². The third-order valence-electron chi connectivity index (χ3n) is 4.20. The molecule has 5 nitrogen and oxygen atoms in total. The van der Waals surface area contributed by atoms with Crippen molar-refractivity contribution in [2.24, 2.45) is 0 Å². The lowest BCUT2D eigenvalue weighted by Crippen LogP contribution is -1.89. The minimum atomic E-state index is -0.705. The molecule has 1 aromatic heterocycles. The average Bonchev–Trinajstić information content (AvgIpc) is 3.13. The molecule has 28 heavy (non-hydrogen) atoms. The molecule has 0 radical (unpaired) electrons. The molecule has 0 aliphatic carbocycles. The van der Waals surface area contributed by atoms with Gasteiger partial charge in [0.1, 0.15) is 17.4 Å². The van der Waals surface area contributed by atoms with E-state index in [0.717, 1.165) is 17.3 Å². The summed E-state index contributed by atoms with van der Waals surface area (Å²) in [7, 11) is 0. The fourth-order valence-electron chi connectivity index (χ4n) is 2.74. The SMILES string of the molecule is Cc1ccc(Nc2nnc(-c3cc(-c4ccc(F)cc4F)ccc3O)o2)cc1. The first kappa shape index (κ1) is 17.7. The molecule has 0 aliphatic rings. The molecule has 4 rings (SSSR count). The Morgan fingerprint density at radius 3 is 2.43 bits per heavy atom. The summed E-state index contributed by atoms with van der Waals surface area (Å²) in [6, 6.07) is 15.5. The maximum Gasteiger partial charge on any atom is 0.320 e. The van der Waals surface area contributed by atoms with Crippen LogP contribution in [0.2, 0.25) is 0 Å². The van der Waals surface area contributed by atoms with Crippen molar-refractivity contribution >= 4 is 11.7 Å². The summed E-state index contributed by atoms with van der Waals surface area (Å²) in [6.07, 6.45) is 0. The van der Waals surface area contributed by atoms with Gasteiger partial charge in [-0.15, -0.1) is 5.10 Å². The summed E-state index contributed by atoms with van der Waals surface area (Å²) < 4.78 is 32.8. The number of phenols is 1. The van der Waals surface area contributed by atoms with Crippen LogP contribution in [-0.2, 0) is 0 Å². The zero-order valence-corrected chi connectivity index (χ0v) is 14.8. The maximum atomic E-state index is 14.1. The zero-order chi connectivity index (χ0) is 19.7. The minimum Gasteiger partial charge on any atom is -0.507 e. The molecule has 0 atom stereocenters. The number of rotatable bonds is 4. The Balaban J connectivity index is 1.66. The van der Waals surface area contributed by atoms with E-state index in [1.54, 1.807) is 0 Å². The number of anilines is 2. The Bertz CT molecular complexity index is 1140. The lowest BCUT2D eigenvalue weighted by Gasteiger charge is -2.07. The van der Waals surface area contributed by atoms with E-state index in [0.29, 0.717) is 5.56 Å². The van der Waals surface area contributed by atoms with Crippen molar-refractivity contribution in [2.45, 2.75) is 6.92 Å². The molecule has 0 fully saturated rings. The van der Waals surface area contributed by atoms with Crippen LogP contribution >= 0.6 is 0 Å². The molecule has 2 N–H and O–H groups in total.